The number of hydrogen-bond acceptors (Lipinski definition) is 6. The van der Waals surface area contributed by atoms with Crippen molar-refractivity contribution in [3.05, 3.63) is 0 Å². The van der Waals surface area contributed by atoms with Crippen LogP contribution in [0.2, 0.25) is 0 Å². The summed E-state index contributed by atoms with van der Waals surface area (Å²) in [5.41, 5.74) is 16.4. The molecule has 2 atom stereocenters. The minimum Gasteiger partial charge on any atom is -0.370 e. The van der Waals surface area contributed by atoms with Gasteiger partial charge < -0.3 is 22.1 Å². The summed E-state index contributed by atoms with van der Waals surface area (Å²) in [5, 5.41) is 2.54. The molecule has 3 amide bonds. The standard InChI is InChI=1S/C15H28N8O3/c1-9(24)22(2)15-20-8-11(13(26)21-15)23(3)12(25)7-10(16)5-4-6-19-14(17)18/h10-11H,4-8,16H2,1-3H3,(H4,17,18,19)(H,20,21,26)/t10-,11?/m0/s1. The summed E-state index contributed by atoms with van der Waals surface area (Å²) >= 11 is 0. The van der Waals surface area contributed by atoms with Gasteiger partial charge in [0.25, 0.3) is 5.91 Å². The Kier molecular flexibility index (Phi) is 7.97. The lowest BCUT2D eigenvalue weighted by atomic mass is 10.1. The molecule has 0 saturated carbocycles. The highest BCUT2D eigenvalue weighted by Gasteiger charge is 2.32. The van der Waals surface area contributed by atoms with Gasteiger partial charge >= 0.3 is 0 Å². The fourth-order valence-electron chi connectivity index (χ4n) is 2.33. The molecule has 0 fully saturated rings. The van der Waals surface area contributed by atoms with Gasteiger partial charge in [-0.15, -0.1) is 0 Å². The van der Waals surface area contributed by atoms with Crippen LogP contribution in [-0.4, -0.2) is 78.7 Å². The molecule has 0 saturated heterocycles. The van der Waals surface area contributed by atoms with E-state index in [1.807, 2.05) is 0 Å². The van der Waals surface area contributed by atoms with E-state index < -0.39 is 6.04 Å². The van der Waals surface area contributed by atoms with Gasteiger partial charge in [-0.3, -0.25) is 29.6 Å². The summed E-state index contributed by atoms with van der Waals surface area (Å²) in [6, 6.07) is -1.09. The normalized spacial score (nSPS) is 17.6. The smallest absolute Gasteiger partial charge is 0.251 e. The van der Waals surface area contributed by atoms with Crippen molar-refractivity contribution in [2.75, 3.05) is 27.2 Å². The highest BCUT2D eigenvalue weighted by Crippen LogP contribution is 2.09. The van der Waals surface area contributed by atoms with Gasteiger partial charge in [-0.25, -0.2) is 4.99 Å². The van der Waals surface area contributed by atoms with E-state index in [9.17, 15) is 14.4 Å². The molecule has 7 N–H and O–H groups in total. The van der Waals surface area contributed by atoms with Crippen LogP contribution in [0.25, 0.3) is 0 Å². The summed E-state index contributed by atoms with van der Waals surface area (Å²) in [4.78, 5) is 46.5. The molecule has 0 spiro atoms. The second-order valence-corrected chi connectivity index (χ2v) is 6.17. The van der Waals surface area contributed by atoms with Crippen molar-refractivity contribution in [1.82, 2.24) is 15.1 Å². The van der Waals surface area contributed by atoms with Crippen molar-refractivity contribution in [3.63, 3.8) is 0 Å². The van der Waals surface area contributed by atoms with Crippen molar-refractivity contribution in [2.45, 2.75) is 38.3 Å². The number of hydrogen-bond donors (Lipinski definition) is 4. The van der Waals surface area contributed by atoms with Gasteiger partial charge in [0.05, 0.1) is 6.54 Å². The molecule has 26 heavy (non-hydrogen) atoms. The number of nitrogens with two attached hydrogens (primary N) is 3. The van der Waals surface area contributed by atoms with E-state index in [1.165, 1.54) is 30.8 Å². The predicted octanol–water partition coefficient (Wildman–Crippen LogP) is -2.45. The Morgan fingerprint density at radius 3 is 2.58 bits per heavy atom. The van der Waals surface area contributed by atoms with Crippen LogP contribution in [0.4, 0.5) is 0 Å². The molecule has 0 aromatic carbocycles. The minimum absolute atomic E-state index is 0.0213. The SMILES string of the molecule is CC(=O)N(C)C1=NCC(N(C)C(=O)C[C@@H](N)CCCN=C(N)N)C(=O)N1. The lowest BCUT2D eigenvalue weighted by molar-refractivity contribution is -0.138. The molecule has 146 valence electrons. The van der Waals surface area contributed by atoms with Crippen LogP contribution < -0.4 is 22.5 Å². The summed E-state index contributed by atoms with van der Waals surface area (Å²) < 4.78 is 0. The number of nitrogens with one attached hydrogen (secondary N) is 1. The van der Waals surface area contributed by atoms with Gasteiger partial charge in [0.1, 0.15) is 6.04 Å². The Hall–Kier alpha value is -2.69. The number of likely N-dealkylation sites (N-methyl/N-ethyl adjacent to an activating group) is 1. The molecule has 1 unspecified atom stereocenters. The average molecular weight is 368 g/mol. The lowest BCUT2D eigenvalue weighted by Crippen LogP contribution is -2.57. The first-order valence-electron chi connectivity index (χ1n) is 8.29. The zero-order valence-electron chi connectivity index (χ0n) is 15.4. The number of nitrogens with zero attached hydrogens (tertiary/aromatic N) is 4. The molecule has 0 aliphatic carbocycles. The molecular weight excluding hydrogens is 340 g/mol. The maximum absolute atomic E-state index is 12.3. The van der Waals surface area contributed by atoms with E-state index in [2.05, 4.69) is 15.3 Å². The summed E-state index contributed by atoms with van der Waals surface area (Å²) in [6.07, 6.45) is 1.34. The summed E-state index contributed by atoms with van der Waals surface area (Å²) in [7, 11) is 3.05. The second-order valence-electron chi connectivity index (χ2n) is 6.17. The van der Waals surface area contributed by atoms with Crippen LogP contribution in [0.15, 0.2) is 9.98 Å². The van der Waals surface area contributed by atoms with Crippen LogP contribution in [-0.2, 0) is 14.4 Å². The van der Waals surface area contributed by atoms with Gasteiger partial charge in [-0.1, -0.05) is 0 Å². The molecule has 0 aromatic rings. The van der Waals surface area contributed by atoms with Crippen molar-refractivity contribution in [3.8, 4) is 0 Å². The minimum atomic E-state index is -0.736. The molecule has 1 aliphatic heterocycles. The molecule has 0 bridgehead atoms. The fourth-order valence-corrected chi connectivity index (χ4v) is 2.33. The number of aliphatic imine (C=N–C) groups is 2. The van der Waals surface area contributed by atoms with Crippen molar-refractivity contribution < 1.29 is 14.4 Å². The Balaban J connectivity index is 2.54. The zero-order valence-corrected chi connectivity index (χ0v) is 15.4. The Morgan fingerprint density at radius 1 is 1.38 bits per heavy atom. The largest absolute Gasteiger partial charge is 0.370 e. The van der Waals surface area contributed by atoms with E-state index in [-0.39, 0.29) is 48.6 Å². The summed E-state index contributed by atoms with van der Waals surface area (Å²) in [5.74, 6) is -0.693. The number of carbonyl (C=O) groups is 3. The molecule has 1 rings (SSSR count). The van der Waals surface area contributed by atoms with Gasteiger partial charge in [0.15, 0.2) is 5.96 Å². The molecule has 11 nitrogen and oxygen atoms in total. The van der Waals surface area contributed by atoms with Gasteiger partial charge in [0.2, 0.25) is 17.8 Å². The fraction of sp³-hybridized carbons (Fsp3) is 0.667. The first-order valence-corrected chi connectivity index (χ1v) is 8.29. The Labute approximate surface area is 152 Å². The first-order chi connectivity index (χ1) is 12.1. The van der Waals surface area contributed by atoms with Gasteiger partial charge in [-0.05, 0) is 12.8 Å². The molecule has 1 aliphatic rings. The third-order valence-electron chi connectivity index (χ3n) is 4.07. The van der Waals surface area contributed by atoms with E-state index in [0.29, 0.717) is 19.4 Å². The second kappa shape index (κ2) is 9.70. The van der Waals surface area contributed by atoms with Crippen LogP contribution in [0.1, 0.15) is 26.2 Å². The van der Waals surface area contributed by atoms with E-state index >= 15 is 0 Å². The van der Waals surface area contributed by atoms with E-state index in [4.69, 9.17) is 17.2 Å². The number of guanidine groups is 2. The molecule has 0 radical (unpaired) electrons. The molecule has 1 heterocycles. The monoisotopic (exact) mass is 368 g/mol. The van der Waals surface area contributed by atoms with Crippen molar-refractivity contribution in [2.24, 2.45) is 27.2 Å². The van der Waals surface area contributed by atoms with Crippen LogP contribution in [0, 0.1) is 0 Å². The number of rotatable bonds is 7. The zero-order chi connectivity index (χ0) is 19.9. The average Bonchev–Trinajstić information content (AvgIpc) is 2.57. The molecular formula is C15H28N8O3. The first kappa shape index (κ1) is 21.4. The molecule has 11 heteroatoms. The van der Waals surface area contributed by atoms with Gasteiger partial charge in [-0.2, -0.15) is 0 Å². The van der Waals surface area contributed by atoms with Crippen LogP contribution in [0.3, 0.4) is 0 Å². The van der Waals surface area contributed by atoms with Crippen molar-refractivity contribution in [1.29, 1.82) is 0 Å². The van der Waals surface area contributed by atoms with Crippen LogP contribution >= 0.6 is 0 Å². The van der Waals surface area contributed by atoms with Gasteiger partial charge in [0, 0.05) is 40.0 Å². The van der Waals surface area contributed by atoms with Crippen molar-refractivity contribution >= 4 is 29.6 Å². The van der Waals surface area contributed by atoms with Crippen LogP contribution in [0.5, 0.6) is 0 Å². The maximum Gasteiger partial charge on any atom is 0.251 e. The number of amides is 3. The Morgan fingerprint density at radius 2 is 2.04 bits per heavy atom. The number of carbonyl (C=O) groups excluding carboxylic acids is 3. The lowest BCUT2D eigenvalue weighted by Gasteiger charge is -2.31. The van der Waals surface area contributed by atoms with E-state index in [1.54, 1.807) is 0 Å². The van der Waals surface area contributed by atoms with E-state index in [0.717, 1.165) is 0 Å². The topological polar surface area (TPSA) is 172 Å². The maximum atomic E-state index is 12.3. The third-order valence-corrected chi connectivity index (χ3v) is 4.07. The Bertz CT molecular complexity index is 600. The highest BCUT2D eigenvalue weighted by molar-refractivity contribution is 6.07. The predicted molar refractivity (Wildman–Crippen MR) is 97.9 cm³/mol. The summed E-state index contributed by atoms with van der Waals surface area (Å²) in [6.45, 7) is 1.90. The quantitative estimate of drug-likeness (QED) is 0.220. The molecule has 0 aromatic heterocycles. The third kappa shape index (κ3) is 6.31. The highest BCUT2D eigenvalue weighted by atomic mass is 16.2.